The minimum Gasteiger partial charge on any atom is -0.389 e. The maximum atomic E-state index is 10.3. The lowest BCUT2D eigenvalue weighted by molar-refractivity contribution is 0.576. The largest absolute Gasteiger partial charge is 0.389 e. The van der Waals surface area contributed by atoms with Crippen LogP contribution in [0.1, 0.15) is 0 Å². The second-order valence-electron chi connectivity index (χ2n) is 1.59. The molecular formula is C6H5ClO2S. The number of benzene rings is 1. The van der Waals surface area contributed by atoms with E-state index in [4.69, 9.17) is 10.7 Å². The van der Waals surface area contributed by atoms with E-state index in [2.05, 4.69) is 4.18 Å². The van der Waals surface area contributed by atoms with E-state index in [1.165, 1.54) is 0 Å². The van der Waals surface area contributed by atoms with Crippen molar-refractivity contribution < 1.29 is 8.39 Å². The van der Waals surface area contributed by atoms with E-state index in [0.29, 0.717) is 5.75 Å². The lowest BCUT2D eigenvalue weighted by Crippen LogP contribution is -1.89. The SMILES string of the molecule is O=S(Cl)Oc1ccccc1. The second kappa shape index (κ2) is 3.58. The van der Waals surface area contributed by atoms with Crippen LogP contribution in [0.3, 0.4) is 0 Å². The van der Waals surface area contributed by atoms with Gasteiger partial charge in [-0.2, -0.15) is 4.21 Å². The molecule has 0 bridgehead atoms. The highest BCUT2D eigenvalue weighted by molar-refractivity contribution is 8.04. The topological polar surface area (TPSA) is 26.3 Å². The van der Waals surface area contributed by atoms with Gasteiger partial charge in [-0.1, -0.05) is 18.2 Å². The van der Waals surface area contributed by atoms with Crippen LogP contribution in [0.2, 0.25) is 0 Å². The first-order chi connectivity index (χ1) is 4.79. The van der Waals surface area contributed by atoms with Crippen molar-refractivity contribution in [2.24, 2.45) is 0 Å². The Labute approximate surface area is 65.9 Å². The van der Waals surface area contributed by atoms with Gasteiger partial charge in [-0.15, -0.1) is 0 Å². The van der Waals surface area contributed by atoms with Gasteiger partial charge < -0.3 is 4.18 Å². The van der Waals surface area contributed by atoms with Crippen LogP contribution in [0.4, 0.5) is 0 Å². The van der Waals surface area contributed by atoms with Crippen molar-refractivity contribution in [3.63, 3.8) is 0 Å². The van der Waals surface area contributed by atoms with Crippen LogP contribution in [-0.2, 0) is 10.3 Å². The molecule has 1 atom stereocenters. The van der Waals surface area contributed by atoms with Crippen LogP contribution in [0.25, 0.3) is 0 Å². The zero-order valence-electron chi connectivity index (χ0n) is 4.99. The van der Waals surface area contributed by atoms with Crippen molar-refractivity contribution >= 4 is 21.0 Å². The Bertz CT molecular complexity index is 224. The first-order valence-electron chi connectivity index (χ1n) is 2.60. The highest BCUT2D eigenvalue weighted by Crippen LogP contribution is 2.10. The Morgan fingerprint density at radius 1 is 1.30 bits per heavy atom. The molecule has 1 rings (SSSR count). The van der Waals surface area contributed by atoms with Gasteiger partial charge in [-0.05, 0) is 12.1 Å². The number of hydrogen-bond acceptors (Lipinski definition) is 2. The standard InChI is InChI=1S/C6H5ClO2S/c7-10(8)9-6-4-2-1-3-5-6/h1-5H. The Balaban J connectivity index is 2.67. The lowest BCUT2D eigenvalue weighted by atomic mass is 10.3. The minimum atomic E-state index is -1.74. The Kier molecular flexibility index (Phi) is 2.71. The molecule has 0 aromatic heterocycles. The molecule has 0 heterocycles. The van der Waals surface area contributed by atoms with Gasteiger partial charge in [0.1, 0.15) is 5.75 Å². The summed E-state index contributed by atoms with van der Waals surface area (Å²) in [5.74, 6) is 0.510. The summed E-state index contributed by atoms with van der Waals surface area (Å²) in [5, 5.41) is 0. The Morgan fingerprint density at radius 3 is 2.40 bits per heavy atom. The monoisotopic (exact) mass is 176 g/mol. The van der Waals surface area contributed by atoms with Gasteiger partial charge in [0, 0.05) is 10.7 Å². The Morgan fingerprint density at radius 2 is 1.90 bits per heavy atom. The third-order valence-corrected chi connectivity index (χ3v) is 1.42. The van der Waals surface area contributed by atoms with E-state index in [1.807, 2.05) is 6.07 Å². The van der Waals surface area contributed by atoms with Crippen molar-refractivity contribution in [1.82, 2.24) is 0 Å². The Hall–Kier alpha value is -0.540. The molecule has 0 saturated carbocycles. The van der Waals surface area contributed by atoms with E-state index in [1.54, 1.807) is 24.3 Å². The predicted molar refractivity (Wildman–Crippen MR) is 41.1 cm³/mol. The molecule has 1 unspecified atom stereocenters. The van der Waals surface area contributed by atoms with Gasteiger partial charge in [0.25, 0.3) is 0 Å². The van der Waals surface area contributed by atoms with Gasteiger partial charge in [-0.25, -0.2) is 0 Å². The molecule has 0 fully saturated rings. The molecule has 0 aliphatic heterocycles. The van der Waals surface area contributed by atoms with Gasteiger partial charge in [0.15, 0.2) is 0 Å². The fourth-order valence-corrected chi connectivity index (χ4v) is 1.03. The normalized spacial score (nSPS) is 12.5. The second-order valence-corrected chi connectivity index (χ2v) is 2.90. The van der Waals surface area contributed by atoms with Crippen molar-refractivity contribution in [2.75, 3.05) is 0 Å². The number of hydrogen-bond donors (Lipinski definition) is 0. The van der Waals surface area contributed by atoms with Crippen LogP contribution >= 0.6 is 10.7 Å². The number of para-hydroxylation sites is 1. The average molecular weight is 177 g/mol. The summed E-state index contributed by atoms with van der Waals surface area (Å²) in [6.07, 6.45) is 0. The highest BCUT2D eigenvalue weighted by atomic mass is 35.7. The summed E-state index contributed by atoms with van der Waals surface area (Å²) in [4.78, 5) is 0. The molecule has 10 heavy (non-hydrogen) atoms. The first kappa shape index (κ1) is 7.57. The van der Waals surface area contributed by atoms with Crippen LogP contribution in [-0.4, -0.2) is 4.21 Å². The van der Waals surface area contributed by atoms with Crippen molar-refractivity contribution in [3.8, 4) is 5.75 Å². The molecule has 1 aromatic rings. The summed E-state index contributed by atoms with van der Waals surface area (Å²) in [6, 6.07) is 8.75. The number of rotatable bonds is 2. The summed E-state index contributed by atoms with van der Waals surface area (Å²) in [7, 11) is 3.32. The van der Waals surface area contributed by atoms with E-state index in [0.717, 1.165) is 0 Å². The predicted octanol–water partition coefficient (Wildman–Crippen LogP) is 1.88. The molecule has 0 saturated heterocycles. The van der Waals surface area contributed by atoms with Crippen LogP contribution in [0.5, 0.6) is 5.75 Å². The van der Waals surface area contributed by atoms with E-state index < -0.39 is 10.3 Å². The molecule has 0 radical (unpaired) electrons. The molecular weight excluding hydrogens is 172 g/mol. The van der Waals surface area contributed by atoms with Gasteiger partial charge in [-0.3, -0.25) is 0 Å². The van der Waals surface area contributed by atoms with Gasteiger partial charge >= 0.3 is 10.3 Å². The van der Waals surface area contributed by atoms with E-state index in [9.17, 15) is 4.21 Å². The smallest absolute Gasteiger partial charge is 0.308 e. The summed E-state index contributed by atoms with van der Waals surface area (Å²) in [6.45, 7) is 0. The zero-order valence-corrected chi connectivity index (χ0v) is 6.56. The molecule has 0 spiro atoms. The number of halogens is 1. The summed E-state index contributed by atoms with van der Waals surface area (Å²) < 4.78 is 14.9. The fourth-order valence-electron chi connectivity index (χ4n) is 0.552. The van der Waals surface area contributed by atoms with Crippen molar-refractivity contribution in [2.45, 2.75) is 0 Å². The molecule has 1 aromatic carbocycles. The zero-order chi connectivity index (χ0) is 7.40. The maximum Gasteiger partial charge on any atom is 0.308 e. The lowest BCUT2D eigenvalue weighted by Gasteiger charge is -1.95. The molecule has 0 N–H and O–H groups in total. The average Bonchev–Trinajstić information content (AvgIpc) is 1.88. The molecule has 0 aliphatic rings. The van der Waals surface area contributed by atoms with Crippen LogP contribution in [0.15, 0.2) is 30.3 Å². The maximum absolute atomic E-state index is 10.3. The molecule has 0 aliphatic carbocycles. The molecule has 0 amide bonds. The van der Waals surface area contributed by atoms with Crippen LogP contribution in [0, 0.1) is 0 Å². The third-order valence-electron chi connectivity index (χ3n) is 0.905. The van der Waals surface area contributed by atoms with E-state index >= 15 is 0 Å². The van der Waals surface area contributed by atoms with Crippen molar-refractivity contribution in [3.05, 3.63) is 30.3 Å². The molecule has 4 heteroatoms. The summed E-state index contributed by atoms with van der Waals surface area (Å²) in [5.41, 5.74) is 0. The van der Waals surface area contributed by atoms with Crippen LogP contribution < -0.4 is 4.18 Å². The van der Waals surface area contributed by atoms with Gasteiger partial charge in [0.2, 0.25) is 0 Å². The molecule has 54 valence electrons. The molecule has 2 nitrogen and oxygen atoms in total. The van der Waals surface area contributed by atoms with Gasteiger partial charge in [0.05, 0.1) is 0 Å². The van der Waals surface area contributed by atoms with Crippen molar-refractivity contribution in [1.29, 1.82) is 0 Å². The highest BCUT2D eigenvalue weighted by Gasteiger charge is 1.94. The fraction of sp³-hybridized carbons (Fsp3) is 0. The summed E-state index contributed by atoms with van der Waals surface area (Å²) >= 11 is 0. The van der Waals surface area contributed by atoms with E-state index in [-0.39, 0.29) is 0 Å². The minimum absolute atomic E-state index is 0.510. The first-order valence-corrected chi connectivity index (χ1v) is 4.50. The third kappa shape index (κ3) is 2.37. The quantitative estimate of drug-likeness (QED) is 0.644.